The van der Waals surface area contributed by atoms with E-state index in [2.05, 4.69) is 43.3 Å². The van der Waals surface area contributed by atoms with Crippen LogP contribution >= 0.6 is 15.9 Å². The van der Waals surface area contributed by atoms with Crippen LogP contribution in [0.1, 0.15) is 12.8 Å². The van der Waals surface area contributed by atoms with Gasteiger partial charge in [-0.15, -0.1) is 5.10 Å². The number of hydrogen-bond donors (Lipinski definition) is 1. The predicted molar refractivity (Wildman–Crippen MR) is 74.8 cm³/mol. The Bertz CT molecular complexity index is 552. The van der Waals surface area contributed by atoms with Crippen LogP contribution < -0.4 is 5.32 Å². The molecule has 0 aliphatic carbocycles. The van der Waals surface area contributed by atoms with E-state index in [1.807, 2.05) is 18.3 Å². The molecule has 18 heavy (non-hydrogen) atoms. The molecule has 5 nitrogen and oxygen atoms in total. The number of nitrogens with one attached hydrogen (secondary N) is 1. The summed E-state index contributed by atoms with van der Waals surface area (Å²) in [5, 5.41) is 7.86. The zero-order chi connectivity index (χ0) is 12.5. The third-order valence-corrected chi connectivity index (χ3v) is 3.72. The monoisotopic (exact) mass is 309 g/mol. The van der Waals surface area contributed by atoms with Crippen molar-refractivity contribution in [2.75, 3.05) is 25.5 Å². The Kier molecular flexibility index (Phi) is 3.22. The van der Waals surface area contributed by atoms with Crippen LogP contribution in [0.15, 0.2) is 22.8 Å². The largest absolute Gasteiger partial charge is 0.349 e. The number of likely N-dealkylation sites (N-methyl/N-ethyl adjacent to an activating group) is 1. The van der Waals surface area contributed by atoms with Gasteiger partial charge in [0.2, 0.25) is 5.95 Å². The number of nitrogens with zero attached hydrogens (tertiary/aromatic N) is 4. The summed E-state index contributed by atoms with van der Waals surface area (Å²) in [5.41, 5.74) is 0.866. The van der Waals surface area contributed by atoms with Gasteiger partial charge in [-0.05, 0) is 54.5 Å². The number of halogens is 1. The molecule has 3 rings (SSSR count). The van der Waals surface area contributed by atoms with E-state index < -0.39 is 0 Å². The van der Waals surface area contributed by atoms with Crippen molar-refractivity contribution in [3.05, 3.63) is 22.8 Å². The molecule has 1 fully saturated rings. The van der Waals surface area contributed by atoms with Crippen LogP contribution in [0.5, 0.6) is 0 Å². The minimum Gasteiger partial charge on any atom is -0.349 e. The maximum atomic E-state index is 4.47. The summed E-state index contributed by atoms with van der Waals surface area (Å²) in [6.45, 7) is 2.24. The molecule has 0 bridgehead atoms. The minimum atomic E-state index is 0.449. The molecule has 1 saturated heterocycles. The molecular formula is C12H16BrN5. The van der Waals surface area contributed by atoms with Gasteiger partial charge in [-0.2, -0.15) is 4.98 Å². The highest BCUT2D eigenvalue weighted by atomic mass is 79.9. The van der Waals surface area contributed by atoms with E-state index >= 15 is 0 Å². The van der Waals surface area contributed by atoms with Crippen LogP contribution in [0.4, 0.5) is 5.95 Å². The molecule has 3 heterocycles. The summed E-state index contributed by atoms with van der Waals surface area (Å²) in [6, 6.07) is 4.38. The van der Waals surface area contributed by atoms with Crippen molar-refractivity contribution >= 4 is 27.5 Å². The minimum absolute atomic E-state index is 0.449. The summed E-state index contributed by atoms with van der Waals surface area (Å²) in [5.74, 6) is 0.716. The summed E-state index contributed by atoms with van der Waals surface area (Å²) >= 11 is 3.43. The summed E-state index contributed by atoms with van der Waals surface area (Å²) in [4.78, 5) is 6.82. The lowest BCUT2D eigenvalue weighted by Crippen LogP contribution is -2.39. The van der Waals surface area contributed by atoms with Crippen molar-refractivity contribution in [2.45, 2.75) is 18.9 Å². The van der Waals surface area contributed by atoms with Crippen molar-refractivity contribution in [1.82, 2.24) is 19.5 Å². The van der Waals surface area contributed by atoms with E-state index in [0.29, 0.717) is 12.0 Å². The first kappa shape index (κ1) is 11.9. The third kappa shape index (κ3) is 2.49. The fourth-order valence-corrected chi connectivity index (χ4v) is 2.71. The second kappa shape index (κ2) is 4.85. The molecule has 2 aromatic rings. The number of fused-ring (bicyclic) bond motifs is 1. The van der Waals surface area contributed by atoms with Gasteiger partial charge >= 0.3 is 0 Å². The average Bonchev–Trinajstić information content (AvgIpc) is 2.70. The fraction of sp³-hybridized carbons (Fsp3) is 0.500. The molecular weight excluding hydrogens is 294 g/mol. The Morgan fingerprint density at radius 1 is 1.44 bits per heavy atom. The Morgan fingerprint density at radius 2 is 2.33 bits per heavy atom. The van der Waals surface area contributed by atoms with Crippen LogP contribution in [0.2, 0.25) is 0 Å². The first-order chi connectivity index (χ1) is 8.70. The number of aromatic nitrogens is 3. The summed E-state index contributed by atoms with van der Waals surface area (Å²) < 4.78 is 2.79. The molecule has 0 aromatic carbocycles. The highest BCUT2D eigenvalue weighted by Gasteiger charge is 2.18. The molecule has 6 heteroatoms. The van der Waals surface area contributed by atoms with E-state index in [4.69, 9.17) is 0 Å². The number of hydrogen-bond acceptors (Lipinski definition) is 4. The average molecular weight is 310 g/mol. The van der Waals surface area contributed by atoms with Crippen LogP contribution in [0, 0.1) is 0 Å². The first-order valence-corrected chi connectivity index (χ1v) is 6.97. The third-order valence-electron chi connectivity index (χ3n) is 3.25. The van der Waals surface area contributed by atoms with Gasteiger partial charge in [0.05, 0.1) is 0 Å². The number of likely N-dealkylation sites (tertiary alicyclic amines) is 1. The Morgan fingerprint density at radius 3 is 3.17 bits per heavy atom. The number of rotatable bonds is 2. The van der Waals surface area contributed by atoms with Gasteiger partial charge in [-0.3, -0.25) is 0 Å². The maximum absolute atomic E-state index is 4.47. The van der Waals surface area contributed by atoms with Gasteiger partial charge in [0.1, 0.15) is 0 Å². The standard InChI is InChI=1S/C12H16BrN5/c1-17-6-2-3-10(8-17)14-12-15-11-5-4-9(13)7-18(11)16-12/h4-5,7,10H,2-3,6,8H2,1H3,(H,14,16). The van der Waals surface area contributed by atoms with Crippen molar-refractivity contribution in [3.63, 3.8) is 0 Å². The van der Waals surface area contributed by atoms with Gasteiger partial charge < -0.3 is 10.2 Å². The van der Waals surface area contributed by atoms with Gasteiger partial charge in [-0.1, -0.05) is 0 Å². The molecule has 1 atom stereocenters. The maximum Gasteiger partial charge on any atom is 0.243 e. The van der Waals surface area contributed by atoms with Gasteiger partial charge in [-0.25, -0.2) is 4.52 Å². The van der Waals surface area contributed by atoms with Crippen molar-refractivity contribution in [1.29, 1.82) is 0 Å². The van der Waals surface area contributed by atoms with Gasteiger partial charge in [0.25, 0.3) is 0 Å². The normalized spacial score (nSPS) is 21.3. The molecule has 1 unspecified atom stereocenters. The van der Waals surface area contributed by atoms with Crippen molar-refractivity contribution in [2.24, 2.45) is 0 Å². The van der Waals surface area contributed by atoms with E-state index in [9.17, 15) is 0 Å². The van der Waals surface area contributed by atoms with E-state index in [0.717, 1.165) is 16.7 Å². The summed E-state index contributed by atoms with van der Waals surface area (Å²) in [7, 11) is 2.15. The van der Waals surface area contributed by atoms with E-state index in [1.165, 1.54) is 19.4 Å². The Labute approximate surface area is 114 Å². The summed E-state index contributed by atoms with van der Waals surface area (Å²) in [6.07, 6.45) is 4.33. The zero-order valence-corrected chi connectivity index (χ0v) is 11.9. The highest BCUT2D eigenvalue weighted by molar-refractivity contribution is 9.10. The molecule has 1 aliphatic rings. The second-order valence-corrected chi connectivity index (χ2v) is 5.75. The molecule has 0 radical (unpaired) electrons. The molecule has 96 valence electrons. The lowest BCUT2D eigenvalue weighted by molar-refractivity contribution is 0.260. The molecule has 1 aliphatic heterocycles. The molecule has 2 aromatic heterocycles. The first-order valence-electron chi connectivity index (χ1n) is 6.18. The number of pyridine rings is 1. The fourth-order valence-electron chi connectivity index (χ4n) is 2.39. The topological polar surface area (TPSA) is 45.5 Å². The van der Waals surface area contributed by atoms with E-state index in [-0.39, 0.29) is 0 Å². The lowest BCUT2D eigenvalue weighted by Gasteiger charge is -2.29. The highest BCUT2D eigenvalue weighted by Crippen LogP contribution is 2.15. The van der Waals surface area contributed by atoms with E-state index in [1.54, 1.807) is 4.52 Å². The molecule has 0 amide bonds. The quantitative estimate of drug-likeness (QED) is 0.921. The SMILES string of the molecule is CN1CCCC(Nc2nc3ccc(Br)cn3n2)C1. The van der Waals surface area contributed by atoms with Crippen LogP contribution in [0.3, 0.4) is 0 Å². The zero-order valence-electron chi connectivity index (χ0n) is 10.3. The molecule has 1 N–H and O–H groups in total. The number of anilines is 1. The van der Waals surface area contributed by atoms with Gasteiger partial charge in [0.15, 0.2) is 5.65 Å². The smallest absolute Gasteiger partial charge is 0.243 e. The second-order valence-electron chi connectivity index (χ2n) is 4.83. The van der Waals surface area contributed by atoms with Crippen molar-refractivity contribution in [3.8, 4) is 0 Å². The Balaban J connectivity index is 1.78. The molecule has 0 spiro atoms. The van der Waals surface area contributed by atoms with Crippen molar-refractivity contribution < 1.29 is 0 Å². The molecule has 0 saturated carbocycles. The van der Waals surface area contributed by atoms with Crippen LogP contribution in [-0.4, -0.2) is 45.7 Å². The van der Waals surface area contributed by atoms with Crippen LogP contribution in [-0.2, 0) is 0 Å². The predicted octanol–water partition coefficient (Wildman–Crippen LogP) is 2.00. The lowest BCUT2D eigenvalue weighted by atomic mass is 10.1. The Hall–Kier alpha value is -1.14. The number of piperidine rings is 1. The van der Waals surface area contributed by atoms with Gasteiger partial charge in [0, 0.05) is 23.3 Å². The van der Waals surface area contributed by atoms with Crippen LogP contribution in [0.25, 0.3) is 5.65 Å².